The number of nitrogens with zero attached hydrogens (tertiary/aromatic N) is 1. The maximum atomic E-state index is 11.8. The Balaban J connectivity index is 2.66. The smallest absolute Gasteiger partial charge is 0.227 e. The summed E-state index contributed by atoms with van der Waals surface area (Å²) < 4.78 is 0. The minimum atomic E-state index is 0.0311. The van der Waals surface area contributed by atoms with Crippen molar-refractivity contribution in [3.63, 3.8) is 0 Å². The van der Waals surface area contributed by atoms with Gasteiger partial charge in [0.2, 0.25) is 5.91 Å². The minimum absolute atomic E-state index is 0.0311. The number of benzene rings is 1. The SMILES string of the molecule is CC(CN)CC(=O)N(C)c1ccc(O)cc1. The van der Waals surface area contributed by atoms with Gasteiger partial charge in [-0.2, -0.15) is 0 Å². The molecule has 3 N–H and O–H groups in total. The van der Waals surface area contributed by atoms with Crippen LogP contribution in [0.2, 0.25) is 0 Å². The Hall–Kier alpha value is -1.55. The van der Waals surface area contributed by atoms with Crippen LogP contribution < -0.4 is 10.6 Å². The Morgan fingerprint density at radius 3 is 2.50 bits per heavy atom. The molecule has 0 bridgehead atoms. The van der Waals surface area contributed by atoms with Gasteiger partial charge in [-0.05, 0) is 36.7 Å². The van der Waals surface area contributed by atoms with Gasteiger partial charge < -0.3 is 15.7 Å². The fraction of sp³-hybridized carbons (Fsp3) is 0.417. The molecule has 0 saturated carbocycles. The maximum absolute atomic E-state index is 11.8. The number of phenols is 1. The number of amides is 1. The van der Waals surface area contributed by atoms with Crippen molar-refractivity contribution in [3.05, 3.63) is 24.3 Å². The summed E-state index contributed by atoms with van der Waals surface area (Å²) >= 11 is 0. The largest absolute Gasteiger partial charge is 0.508 e. The van der Waals surface area contributed by atoms with Crippen molar-refractivity contribution in [3.8, 4) is 5.75 Å². The molecule has 1 aromatic rings. The molecule has 1 aromatic carbocycles. The van der Waals surface area contributed by atoms with Crippen molar-refractivity contribution in [2.75, 3.05) is 18.5 Å². The Kier molecular flexibility index (Phi) is 4.31. The zero-order chi connectivity index (χ0) is 12.1. The van der Waals surface area contributed by atoms with E-state index in [2.05, 4.69) is 0 Å². The van der Waals surface area contributed by atoms with Crippen molar-refractivity contribution < 1.29 is 9.90 Å². The molecule has 4 nitrogen and oxygen atoms in total. The van der Waals surface area contributed by atoms with Gasteiger partial charge >= 0.3 is 0 Å². The molecular formula is C12H18N2O2. The van der Waals surface area contributed by atoms with Crippen LogP contribution in [0.1, 0.15) is 13.3 Å². The molecule has 1 unspecified atom stereocenters. The van der Waals surface area contributed by atoms with Crippen molar-refractivity contribution in [1.82, 2.24) is 0 Å². The average Bonchev–Trinajstić information content (AvgIpc) is 2.28. The number of anilines is 1. The molecule has 0 aliphatic carbocycles. The summed E-state index contributed by atoms with van der Waals surface area (Å²) in [6, 6.07) is 6.54. The van der Waals surface area contributed by atoms with E-state index in [-0.39, 0.29) is 17.6 Å². The lowest BCUT2D eigenvalue weighted by atomic mass is 10.1. The second-order valence-corrected chi connectivity index (χ2v) is 4.01. The molecule has 4 heteroatoms. The molecule has 16 heavy (non-hydrogen) atoms. The summed E-state index contributed by atoms with van der Waals surface area (Å²) in [5.74, 6) is 0.413. The summed E-state index contributed by atoms with van der Waals surface area (Å²) in [4.78, 5) is 13.4. The highest BCUT2D eigenvalue weighted by molar-refractivity contribution is 5.92. The zero-order valence-corrected chi connectivity index (χ0v) is 9.68. The van der Waals surface area contributed by atoms with Crippen molar-refractivity contribution in [2.24, 2.45) is 11.7 Å². The second kappa shape index (κ2) is 5.51. The number of hydrogen-bond acceptors (Lipinski definition) is 3. The molecule has 0 aliphatic heterocycles. The second-order valence-electron chi connectivity index (χ2n) is 4.01. The highest BCUT2D eigenvalue weighted by atomic mass is 16.3. The summed E-state index contributed by atoms with van der Waals surface area (Å²) in [7, 11) is 1.72. The highest BCUT2D eigenvalue weighted by Crippen LogP contribution is 2.18. The van der Waals surface area contributed by atoms with Crippen LogP contribution in [-0.4, -0.2) is 24.6 Å². The Morgan fingerprint density at radius 1 is 1.44 bits per heavy atom. The Bertz CT molecular complexity index is 349. The molecule has 1 amide bonds. The van der Waals surface area contributed by atoms with Crippen LogP contribution >= 0.6 is 0 Å². The van der Waals surface area contributed by atoms with E-state index in [4.69, 9.17) is 10.8 Å². The van der Waals surface area contributed by atoms with Gasteiger partial charge in [0.25, 0.3) is 0 Å². The number of aromatic hydroxyl groups is 1. The zero-order valence-electron chi connectivity index (χ0n) is 9.68. The molecule has 0 heterocycles. The van der Waals surface area contributed by atoms with E-state index >= 15 is 0 Å². The van der Waals surface area contributed by atoms with Gasteiger partial charge in [-0.3, -0.25) is 4.79 Å². The predicted octanol–water partition coefficient (Wildman–Crippen LogP) is 1.34. The quantitative estimate of drug-likeness (QED) is 0.808. The van der Waals surface area contributed by atoms with Gasteiger partial charge in [-0.1, -0.05) is 6.92 Å². The average molecular weight is 222 g/mol. The minimum Gasteiger partial charge on any atom is -0.508 e. The highest BCUT2D eigenvalue weighted by Gasteiger charge is 2.13. The Morgan fingerprint density at radius 2 is 2.00 bits per heavy atom. The molecule has 1 atom stereocenters. The van der Waals surface area contributed by atoms with Crippen LogP contribution in [0.3, 0.4) is 0 Å². The van der Waals surface area contributed by atoms with Gasteiger partial charge in [-0.25, -0.2) is 0 Å². The molecule has 0 saturated heterocycles. The van der Waals surface area contributed by atoms with E-state index in [9.17, 15) is 4.79 Å². The summed E-state index contributed by atoms with van der Waals surface area (Å²) in [5, 5.41) is 9.14. The van der Waals surface area contributed by atoms with Crippen LogP contribution in [0.25, 0.3) is 0 Å². The Labute approximate surface area is 95.7 Å². The molecule has 0 spiro atoms. The third kappa shape index (κ3) is 3.24. The van der Waals surface area contributed by atoms with Gasteiger partial charge in [-0.15, -0.1) is 0 Å². The standard InChI is InChI=1S/C12H18N2O2/c1-9(8-13)7-12(16)14(2)10-3-5-11(15)6-4-10/h3-6,9,15H,7-8,13H2,1-2H3. The monoisotopic (exact) mass is 222 g/mol. The van der Waals surface area contributed by atoms with E-state index in [0.29, 0.717) is 13.0 Å². The number of rotatable bonds is 4. The fourth-order valence-corrected chi connectivity index (χ4v) is 1.34. The maximum Gasteiger partial charge on any atom is 0.227 e. The predicted molar refractivity (Wildman–Crippen MR) is 64.4 cm³/mol. The molecule has 0 aliphatic rings. The number of phenolic OH excluding ortho intramolecular Hbond substituents is 1. The summed E-state index contributed by atoms with van der Waals surface area (Å²) in [5.41, 5.74) is 6.25. The number of carbonyl (C=O) groups is 1. The first-order valence-electron chi connectivity index (χ1n) is 5.30. The topological polar surface area (TPSA) is 66.6 Å². The van der Waals surface area contributed by atoms with E-state index in [0.717, 1.165) is 5.69 Å². The van der Waals surface area contributed by atoms with Gasteiger partial charge in [0, 0.05) is 19.2 Å². The molecule has 88 valence electrons. The molecule has 1 rings (SSSR count). The van der Waals surface area contributed by atoms with Crippen LogP contribution in [0.15, 0.2) is 24.3 Å². The lowest BCUT2D eigenvalue weighted by Gasteiger charge is -2.19. The van der Waals surface area contributed by atoms with Crippen LogP contribution in [0.5, 0.6) is 5.75 Å². The van der Waals surface area contributed by atoms with Crippen LogP contribution in [0.4, 0.5) is 5.69 Å². The number of nitrogens with two attached hydrogens (primary N) is 1. The lowest BCUT2D eigenvalue weighted by molar-refractivity contribution is -0.119. The van der Waals surface area contributed by atoms with E-state index < -0.39 is 0 Å². The van der Waals surface area contributed by atoms with E-state index in [1.807, 2.05) is 6.92 Å². The number of hydrogen-bond donors (Lipinski definition) is 2. The van der Waals surface area contributed by atoms with Gasteiger partial charge in [0.05, 0.1) is 0 Å². The van der Waals surface area contributed by atoms with Crippen LogP contribution in [-0.2, 0) is 4.79 Å². The van der Waals surface area contributed by atoms with Gasteiger partial charge in [0.15, 0.2) is 0 Å². The van der Waals surface area contributed by atoms with Crippen molar-refractivity contribution >= 4 is 11.6 Å². The molecule has 0 radical (unpaired) electrons. The number of carbonyl (C=O) groups excluding carboxylic acids is 1. The normalized spacial score (nSPS) is 12.2. The van der Waals surface area contributed by atoms with Gasteiger partial charge in [0.1, 0.15) is 5.75 Å². The van der Waals surface area contributed by atoms with Crippen molar-refractivity contribution in [2.45, 2.75) is 13.3 Å². The van der Waals surface area contributed by atoms with Crippen molar-refractivity contribution in [1.29, 1.82) is 0 Å². The third-order valence-electron chi connectivity index (χ3n) is 2.54. The summed E-state index contributed by atoms with van der Waals surface area (Å²) in [6.07, 6.45) is 0.438. The van der Waals surface area contributed by atoms with E-state index in [1.165, 1.54) is 0 Å². The van der Waals surface area contributed by atoms with E-state index in [1.54, 1.807) is 36.2 Å². The molecule has 0 aromatic heterocycles. The first kappa shape index (κ1) is 12.5. The molecule has 0 fully saturated rings. The first-order chi connectivity index (χ1) is 7.54. The third-order valence-corrected chi connectivity index (χ3v) is 2.54. The fourth-order valence-electron chi connectivity index (χ4n) is 1.34. The first-order valence-corrected chi connectivity index (χ1v) is 5.30. The lowest BCUT2D eigenvalue weighted by Crippen LogP contribution is -2.29. The molecular weight excluding hydrogens is 204 g/mol. The summed E-state index contributed by atoms with van der Waals surface area (Å²) in [6.45, 7) is 2.46. The van der Waals surface area contributed by atoms with Crippen LogP contribution in [0, 0.1) is 5.92 Å².